The van der Waals surface area contributed by atoms with Crippen LogP contribution in [0.4, 0.5) is 5.69 Å². The number of amides is 1. The van der Waals surface area contributed by atoms with Crippen LogP contribution in [0.3, 0.4) is 0 Å². The maximum atomic E-state index is 13.4. The van der Waals surface area contributed by atoms with Crippen molar-refractivity contribution in [1.82, 2.24) is 0 Å². The second-order valence-corrected chi connectivity index (χ2v) is 9.49. The molecule has 3 aromatic carbocycles. The quantitative estimate of drug-likeness (QED) is 0.508. The van der Waals surface area contributed by atoms with E-state index >= 15 is 0 Å². The number of hydrogen-bond acceptors (Lipinski definition) is 4. The van der Waals surface area contributed by atoms with E-state index in [1.165, 1.54) is 12.1 Å². The lowest BCUT2D eigenvalue weighted by molar-refractivity contribution is -0.119. The molecule has 0 saturated heterocycles. The standard InChI is InChI=1S/C25H27NO4S/c1-18(2)21-13-15-22(16-14-21)30-17-25(27)26(24-12-8-9-19(3)20(24)4)31(28,29)23-10-6-5-7-11-23/h5-16,18H,17H2,1-4H3. The first-order chi connectivity index (χ1) is 14.7. The third kappa shape index (κ3) is 4.97. The van der Waals surface area contributed by atoms with Crippen LogP contribution >= 0.6 is 0 Å². The summed E-state index contributed by atoms with van der Waals surface area (Å²) >= 11 is 0. The molecule has 0 heterocycles. The molecule has 0 N–H and O–H groups in total. The van der Waals surface area contributed by atoms with Crippen LogP contribution in [0.15, 0.2) is 77.7 Å². The fourth-order valence-electron chi connectivity index (χ4n) is 3.20. The predicted molar refractivity (Wildman–Crippen MR) is 123 cm³/mol. The average molecular weight is 438 g/mol. The van der Waals surface area contributed by atoms with E-state index in [2.05, 4.69) is 13.8 Å². The number of rotatable bonds is 7. The SMILES string of the molecule is Cc1cccc(N(C(=O)COc2ccc(C(C)C)cc2)S(=O)(=O)c2ccccc2)c1C. The molecular formula is C25H27NO4S. The summed E-state index contributed by atoms with van der Waals surface area (Å²) < 4.78 is 33.3. The summed E-state index contributed by atoms with van der Waals surface area (Å²) in [4.78, 5) is 13.2. The molecule has 0 fully saturated rings. The summed E-state index contributed by atoms with van der Waals surface area (Å²) in [6.07, 6.45) is 0. The first kappa shape index (κ1) is 22.6. The van der Waals surface area contributed by atoms with Crippen molar-refractivity contribution in [3.8, 4) is 5.75 Å². The maximum Gasteiger partial charge on any atom is 0.278 e. The molecule has 0 aliphatic heterocycles. The summed E-state index contributed by atoms with van der Waals surface area (Å²) in [6, 6.07) is 20.7. The van der Waals surface area contributed by atoms with Crippen molar-refractivity contribution in [3.05, 3.63) is 89.5 Å². The van der Waals surface area contributed by atoms with Gasteiger partial charge in [-0.15, -0.1) is 0 Å². The van der Waals surface area contributed by atoms with E-state index in [0.29, 0.717) is 17.4 Å². The van der Waals surface area contributed by atoms with E-state index in [1.54, 1.807) is 49.4 Å². The second-order valence-electron chi connectivity index (χ2n) is 7.71. The topological polar surface area (TPSA) is 63.7 Å². The van der Waals surface area contributed by atoms with Crippen LogP contribution in [0.1, 0.15) is 36.5 Å². The highest BCUT2D eigenvalue weighted by Gasteiger charge is 2.32. The van der Waals surface area contributed by atoms with Gasteiger partial charge in [-0.25, -0.2) is 8.42 Å². The average Bonchev–Trinajstić information content (AvgIpc) is 2.76. The second kappa shape index (κ2) is 9.35. The maximum absolute atomic E-state index is 13.4. The Morgan fingerprint density at radius 2 is 1.55 bits per heavy atom. The highest BCUT2D eigenvalue weighted by atomic mass is 32.2. The summed E-state index contributed by atoms with van der Waals surface area (Å²) in [5.41, 5.74) is 3.09. The Kier molecular flexibility index (Phi) is 6.81. The van der Waals surface area contributed by atoms with Crippen LogP contribution < -0.4 is 9.04 Å². The highest BCUT2D eigenvalue weighted by Crippen LogP contribution is 2.29. The molecule has 6 heteroatoms. The van der Waals surface area contributed by atoms with Gasteiger partial charge >= 0.3 is 0 Å². The van der Waals surface area contributed by atoms with Crippen molar-refractivity contribution in [2.75, 3.05) is 10.9 Å². The number of benzene rings is 3. The van der Waals surface area contributed by atoms with Crippen molar-refractivity contribution in [2.45, 2.75) is 38.5 Å². The van der Waals surface area contributed by atoms with Crippen molar-refractivity contribution in [1.29, 1.82) is 0 Å². The van der Waals surface area contributed by atoms with Crippen LogP contribution in [-0.2, 0) is 14.8 Å². The van der Waals surface area contributed by atoms with Crippen molar-refractivity contribution in [3.63, 3.8) is 0 Å². The Morgan fingerprint density at radius 1 is 0.903 bits per heavy atom. The van der Waals surface area contributed by atoms with Crippen LogP contribution in [0.2, 0.25) is 0 Å². The zero-order valence-electron chi connectivity index (χ0n) is 18.2. The Bertz CT molecular complexity index is 1150. The van der Waals surface area contributed by atoms with Gasteiger partial charge in [0.05, 0.1) is 10.6 Å². The van der Waals surface area contributed by atoms with Crippen LogP contribution in [0.5, 0.6) is 5.75 Å². The molecule has 0 radical (unpaired) electrons. The van der Waals surface area contributed by atoms with Gasteiger partial charge in [0.25, 0.3) is 15.9 Å². The molecule has 0 saturated carbocycles. The zero-order valence-corrected chi connectivity index (χ0v) is 19.0. The fraction of sp³-hybridized carbons (Fsp3) is 0.240. The largest absolute Gasteiger partial charge is 0.484 e. The Hall–Kier alpha value is -3.12. The van der Waals surface area contributed by atoms with Crippen LogP contribution in [0.25, 0.3) is 0 Å². The summed E-state index contributed by atoms with van der Waals surface area (Å²) in [7, 11) is -4.11. The minimum Gasteiger partial charge on any atom is -0.484 e. The number of ether oxygens (including phenoxy) is 1. The number of carbonyl (C=O) groups excluding carboxylic acids is 1. The summed E-state index contributed by atoms with van der Waals surface area (Å²) in [5.74, 6) is 0.229. The Labute approximate surface area is 184 Å². The number of aryl methyl sites for hydroxylation is 1. The molecule has 1 amide bonds. The number of hydrogen-bond donors (Lipinski definition) is 0. The zero-order chi connectivity index (χ0) is 22.6. The van der Waals surface area contributed by atoms with E-state index in [9.17, 15) is 13.2 Å². The van der Waals surface area contributed by atoms with Gasteiger partial charge in [0.2, 0.25) is 0 Å². The van der Waals surface area contributed by atoms with E-state index in [1.807, 2.05) is 25.1 Å². The molecule has 162 valence electrons. The number of anilines is 1. The fourth-order valence-corrected chi connectivity index (χ4v) is 4.69. The molecule has 5 nitrogen and oxygen atoms in total. The third-order valence-corrected chi connectivity index (χ3v) is 6.96. The molecule has 31 heavy (non-hydrogen) atoms. The molecule has 3 aromatic rings. The molecule has 0 unspecified atom stereocenters. The van der Waals surface area contributed by atoms with E-state index in [-0.39, 0.29) is 4.90 Å². The molecule has 0 aromatic heterocycles. The number of nitrogens with zero attached hydrogens (tertiary/aromatic N) is 1. The van der Waals surface area contributed by atoms with Gasteiger partial charge in [-0.05, 0) is 66.8 Å². The number of carbonyl (C=O) groups is 1. The van der Waals surface area contributed by atoms with Crippen molar-refractivity contribution < 1.29 is 17.9 Å². The van der Waals surface area contributed by atoms with E-state index in [0.717, 1.165) is 21.0 Å². The van der Waals surface area contributed by atoms with Crippen molar-refractivity contribution >= 4 is 21.6 Å². The lowest BCUT2D eigenvalue weighted by Crippen LogP contribution is -2.40. The first-order valence-corrected chi connectivity index (χ1v) is 11.6. The predicted octanol–water partition coefficient (Wildman–Crippen LogP) is 5.23. The normalized spacial score (nSPS) is 11.4. The lowest BCUT2D eigenvalue weighted by Gasteiger charge is -2.25. The van der Waals surface area contributed by atoms with Crippen molar-refractivity contribution in [2.24, 2.45) is 0 Å². The Morgan fingerprint density at radius 3 is 2.16 bits per heavy atom. The molecule has 3 rings (SSSR count). The van der Waals surface area contributed by atoms with Gasteiger partial charge in [-0.2, -0.15) is 4.31 Å². The summed E-state index contributed by atoms with van der Waals surface area (Å²) in [5, 5.41) is 0. The molecule has 0 aliphatic carbocycles. The minimum atomic E-state index is -4.11. The van der Waals surface area contributed by atoms with Crippen LogP contribution in [0, 0.1) is 13.8 Å². The molecule has 0 bridgehead atoms. The van der Waals surface area contributed by atoms with Crippen LogP contribution in [-0.4, -0.2) is 20.9 Å². The third-order valence-electron chi connectivity index (χ3n) is 5.21. The minimum absolute atomic E-state index is 0.0468. The van der Waals surface area contributed by atoms with Gasteiger partial charge in [0, 0.05) is 0 Å². The first-order valence-electron chi connectivity index (χ1n) is 10.1. The van der Waals surface area contributed by atoms with Gasteiger partial charge < -0.3 is 4.74 Å². The monoisotopic (exact) mass is 437 g/mol. The smallest absolute Gasteiger partial charge is 0.278 e. The molecule has 0 atom stereocenters. The lowest BCUT2D eigenvalue weighted by atomic mass is 10.0. The van der Waals surface area contributed by atoms with Gasteiger partial charge in [0.15, 0.2) is 6.61 Å². The summed E-state index contributed by atoms with van der Waals surface area (Å²) in [6.45, 7) is 7.46. The van der Waals surface area contributed by atoms with Gasteiger partial charge in [-0.1, -0.05) is 56.3 Å². The molecule has 0 spiro atoms. The number of sulfonamides is 1. The van der Waals surface area contributed by atoms with E-state index in [4.69, 9.17) is 4.74 Å². The van der Waals surface area contributed by atoms with E-state index < -0.39 is 22.5 Å². The Balaban J connectivity index is 1.94. The molecule has 0 aliphatic rings. The van der Waals surface area contributed by atoms with Gasteiger partial charge in [0.1, 0.15) is 5.75 Å². The van der Waals surface area contributed by atoms with Gasteiger partial charge in [-0.3, -0.25) is 4.79 Å². The molecular weight excluding hydrogens is 410 g/mol. The highest BCUT2D eigenvalue weighted by molar-refractivity contribution is 7.93.